The molecule has 0 saturated heterocycles. The molecule has 15 heavy (non-hydrogen) atoms. The lowest BCUT2D eigenvalue weighted by Gasteiger charge is -2.04. The molecule has 1 aromatic carbocycles. The molecule has 0 saturated carbocycles. The van der Waals surface area contributed by atoms with Crippen LogP contribution in [0.2, 0.25) is 0 Å². The van der Waals surface area contributed by atoms with E-state index >= 15 is 0 Å². The first-order chi connectivity index (χ1) is 7.06. The van der Waals surface area contributed by atoms with Crippen molar-refractivity contribution in [2.45, 2.75) is 18.2 Å². The molecule has 0 amide bonds. The molecule has 0 spiro atoms. The largest absolute Gasteiger partial charge is 0.293 e. The Bertz CT molecular complexity index is 375. The summed E-state index contributed by atoms with van der Waals surface area (Å²) in [5.41, 5.74) is 0.485. The Morgan fingerprint density at radius 1 is 1.47 bits per heavy atom. The van der Waals surface area contributed by atoms with Crippen molar-refractivity contribution >= 4 is 27.4 Å². The monoisotopic (exact) mass is 271 g/mol. The molecule has 1 atom stereocenters. The molecule has 0 heterocycles. The predicted octanol–water partition coefficient (Wildman–Crippen LogP) is 2.95. The van der Waals surface area contributed by atoms with Crippen LogP contribution < -0.4 is 0 Å². The van der Waals surface area contributed by atoms with Gasteiger partial charge >= 0.3 is 0 Å². The van der Waals surface area contributed by atoms with Gasteiger partial charge in [0.15, 0.2) is 5.78 Å². The van der Waals surface area contributed by atoms with E-state index in [4.69, 9.17) is 0 Å². The normalized spacial score (nSPS) is 12.1. The first kappa shape index (κ1) is 11.8. The molecule has 0 radical (unpaired) electrons. The number of hydrogen-bond donors (Lipinski definition) is 0. The van der Waals surface area contributed by atoms with Crippen LogP contribution >= 0.6 is 15.9 Å². The van der Waals surface area contributed by atoms with Crippen molar-refractivity contribution in [2.24, 2.45) is 0 Å². The lowest BCUT2D eigenvalue weighted by atomic mass is 10.1. The highest BCUT2D eigenvalue weighted by molar-refractivity contribution is 9.10. The molecule has 1 aromatic rings. The number of nitro groups is 1. The number of carbonyl (C=O) groups excluding carboxylic acids is 1. The summed E-state index contributed by atoms with van der Waals surface area (Å²) in [4.78, 5) is 21.3. The van der Waals surface area contributed by atoms with Gasteiger partial charge in [-0.05, 0) is 18.6 Å². The summed E-state index contributed by atoms with van der Waals surface area (Å²) in [6.45, 7) is 1.89. The summed E-state index contributed by atoms with van der Waals surface area (Å²) in [6.07, 6.45) is 0.690. The van der Waals surface area contributed by atoms with Gasteiger partial charge in [-0.1, -0.05) is 22.9 Å². The van der Waals surface area contributed by atoms with E-state index in [0.29, 0.717) is 12.0 Å². The van der Waals surface area contributed by atoms with E-state index in [1.165, 1.54) is 24.3 Å². The number of nitrogens with zero attached hydrogens (tertiary/aromatic N) is 1. The molecule has 0 aliphatic carbocycles. The van der Waals surface area contributed by atoms with E-state index in [1.54, 1.807) is 0 Å². The summed E-state index contributed by atoms with van der Waals surface area (Å²) in [5, 5.41) is 10.4. The molecule has 0 aliphatic heterocycles. The number of non-ortho nitro benzene ring substituents is 1. The topological polar surface area (TPSA) is 60.2 Å². The van der Waals surface area contributed by atoms with E-state index in [2.05, 4.69) is 15.9 Å². The second-order valence-electron chi connectivity index (χ2n) is 3.04. The fourth-order valence-electron chi connectivity index (χ4n) is 1.11. The lowest BCUT2D eigenvalue weighted by molar-refractivity contribution is -0.384. The summed E-state index contributed by atoms with van der Waals surface area (Å²) < 4.78 is 0. The minimum Gasteiger partial charge on any atom is -0.293 e. The molecule has 0 aromatic heterocycles. The van der Waals surface area contributed by atoms with Crippen molar-refractivity contribution in [1.29, 1.82) is 0 Å². The number of rotatable bonds is 4. The van der Waals surface area contributed by atoms with E-state index < -0.39 is 4.92 Å². The van der Waals surface area contributed by atoms with Crippen molar-refractivity contribution in [1.82, 2.24) is 0 Å². The average Bonchev–Trinajstić information content (AvgIpc) is 2.27. The molecule has 0 bridgehead atoms. The van der Waals surface area contributed by atoms with Gasteiger partial charge in [0.2, 0.25) is 0 Å². The number of carbonyl (C=O) groups is 1. The smallest absolute Gasteiger partial charge is 0.269 e. The van der Waals surface area contributed by atoms with Crippen molar-refractivity contribution in [3.63, 3.8) is 0 Å². The third-order valence-corrected chi connectivity index (χ3v) is 3.07. The number of Topliss-reactive ketones (excluding diaryl/α,β-unsaturated/α-hetero) is 1. The van der Waals surface area contributed by atoms with Gasteiger partial charge in [-0.25, -0.2) is 0 Å². The zero-order valence-electron chi connectivity index (χ0n) is 8.14. The minimum absolute atomic E-state index is 0.00540. The van der Waals surface area contributed by atoms with Gasteiger partial charge in [-0.15, -0.1) is 0 Å². The van der Waals surface area contributed by atoms with E-state index in [1.807, 2.05) is 6.92 Å². The molecule has 80 valence electrons. The van der Waals surface area contributed by atoms with Crippen LogP contribution in [0.15, 0.2) is 24.3 Å². The van der Waals surface area contributed by atoms with Crippen LogP contribution in [0.1, 0.15) is 23.7 Å². The van der Waals surface area contributed by atoms with Crippen LogP contribution in [0.4, 0.5) is 5.69 Å². The Morgan fingerprint density at radius 3 is 2.40 bits per heavy atom. The van der Waals surface area contributed by atoms with Crippen molar-refractivity contribution in [2.75, 3.05) is 0 Å². The second-order valence-corrected chi connectivity index (χ2v) is 4.15. The molecule has 0 aliphatic rings. The molecule has 1 unspecified atom stereocenters. The molecule has 0 N–H and O–H groups in total. The van der Waals surface area contributed by atoms with Gasteiger partial charge in [0.05, 0.1) is 9.75 Å². The van der Waals surface area contributed by atoms with Gasteiger partial charge < -0.3 is 0 Å². The fraction of sp³-hybridized carbons (Fsp3) is 0.300. The molecule has 0 fully saturated rings. The summed E-state index contributed by atoms with van der Waals surface area (Å²) >= 11 is 3.24. The maximum Gasteiger partial charge on any atom is 0.269 e. The van der Waals surface area contributed by atoms with E-state index in [-0.39, 0.29) is 16.3 Å². The number of ketones is 1. The van der Waals surface area contributed by atoms with Crippen LogP contribution in [0, 0.1) is 10.1 Å². The van der Waals surface area contributed by atoms with Gasteiger partial charge in [0.25, 0.3) is 5.69 Å². The Labute approximate surface area is 95.6 Å². The molecule has 1 rings (SSSR count). The summed E-state index contributed by atoms with van der Waals surface area (Å²) in [7, 11) is 0. The summed E-state index contributed by atoms with van der Waals surface area (Å²) in [5.74, 6) is -0.0487. The Morgan fingerprint density at radius 2 is 2.00 bits per heavy atom. The fourth-order valence-corrected chi connectivity index (χ4v) is 1.38. The van der Waals surface area contributed by atoms with Gasteiger partial charge in [-0.2, -0.15) is 0 Å². The zero-order valence-corrected chi connectivity index (χ0v) is 9.73. The van der Waals surface area contributed by atoms with Crippen LogP contribution in [0.5, 0.6) is 0 Å². The SMILES string of the molecule is CCC(Br)C(=O)c1ccc([N+](=O)[O-])cc1. The van der Waals surface area contributed by atoms with Crippen LogP contribution in [0.3, 0.4) is 0 Å². The summed E-state index contributed by atoms with van der Waals surface area (Å²) in [6, 6.07) is 5.62. The van der Waals surface area contributed by atoms with Crippen molar-refractivity contribution < 1.29 is 9.72 Å². The third kappa shape index (κ3) is 2.86. The minimum atomic E-state index is -0.486. The number of halogens is 1. The van der Waals surface area contributed by atoms with Crippen molar-refractivity contribution in [3.05, 3.63) is 39.9 Å². The highest BCUT2D eigenvalue weighted by atomic mass is 79.9. The number of nitro benzene ring substituents is 1. The van der Waals surface area contributed by atoms with Gasteiger partial charge in [-0.3, -0.25) is 14.9 Å². The van der Waals surface area contributed by atoms with Crippen LogP contribution in [-0.4, -0.2) is 15.5 Å². The Balaban J connectivity index is 2.89. The van der Waals surface area contributed by atoms with Crippen LogP contribution in [0.25, 0.3) is 0 Å². The lowest BCUT2D eigenvalue weighted by Crippen LogP contribution is -2.12. The molecular weight excluding hydrogens is 262 g/mol. The number of benzene rings is 1. The zero-order chi connectivity index (χ0) is 11.4. The highest BCUT2D eigenvalue weighted by Crippen LogP contribution is 2.16. The standard InChI is InChI=1S/C10H10BrNO3/c1-2-9(11)10(13)7-3-5-8(6-4-7)12(14)15/h3-6,9H,2H2,1H3. The van der Waals surface area contributed by atoms with E-state index in [9.17, 15) is 14.9 Å². The number of hydrogen-bond acceptors (Lipinski definition) is 3. The molecule has 4 nitrogen and oxygen atoms in total. The second kappa shape index (κ2) is 5.02. The quantitative estimate of drug-likeness (QED) is 0.366. The van der Waals surface area contributed by atoms with Gasteiger partial charge in [0, 0.05) is 17.7 Å². The average molecular weight is 272 g/mol. The third-order valence-electron chi connectivity index (χ3n) is 2.01. The Kier molecular flexibility index (Phi) is 3.96. The molecular formula is C10H10BrNO3. The Hall–Kier alpha value is -1.23. The first-order valence-corrected chi connectivity index (χ1v) is 5.40. The van der Waals surface area contributed by atoms with E-state index in [0.717, 1.165) is 0 Å². The van der Waals surface area contributed by atoms with Crippen molar-refractivity contribution in [3.8, 4) is 0 Å². The van der Waals surface area contributed by atoms with Gasteiger partial charge in [0.1, 0.15) is 0 Å². The molecule has 5 heteroatoms. The maximum atomic E-state index is 11.6. The maximum absolute atomic E-state index is 11.6. The van der Waals surface area contributed by atoms with Crippen LogP contribution in [-0.2, 0) is 0 Å². The first-order valence-electron chi connectivity index (χ1n) is 4.49. The predicted molar refractivity (Wildman–Crippen MR) is 60.4 cm³/mol. The highest BCUT2D eigenvalue weighted by Gasteiger charge is 2.15. The number of alkyl halides is 1.